The highest BCUT2D eigenvalue weighted by Crippen LogP contribution is 2.27. The lowest BCUT2D eigenvalue weighted by Gasteiger charge is -2.02. The van der Waals surface area contributed by atoms with Crippen molar-refractivity contribution in [2.75, 3.05) is 0 Å². The maximum atomic E-state index is 9.36. The summed E-state index contributed by atoms with van der Waals surface area (Å²) in [5, 5.41) is 17.0. The van der Waals surface area contributed by atoms with Crippen molar-refractivity contribution >= 4 is 5.69 Å². The van der Waals surface area contributed by atoms with E-state index >= 15 is 0 Å². The summed E-state index contributed by atoms with van der Waals surface area (Å²) >= 11 is 0. The molecule has 0 amide bonds. The number of phenolic OH excluding ortho intramolecular Hbond substituents is 1. The van der Waals surface area contributed by atoms with E-state index in [1.165, 1.54) is 6.20 Å². The highest BCUT2D eigenvalue weighted by atomic mass is 16.3. The first-order valence-electron chi connectivity index (χ1n) is 3.97. The molecule has 0 unspecified atom stereocenters. The van der Waals surface area contributed by atoms with Crippen molar-refractivity contribution in [3.05, 3.63) is 36.0 Å². The Labute approximate surface area is 77.4 Å². The van der Waals surface area contributed by atoms with E-state index in [0.29, 0.717) is 0 Å². The van der Waals surface area contributed by atoms with Crippen LogP contribution in [0.5, 0.6) is 5.75 Å². The number of rotatable bonds is 2. The van der Waals surface area contributed by atoms with Crippen LogP contribution in [0.25, 0.3) is 0 Å². The Hall–Kier alpha value is -1.64. The van der Waals surface area contributed by atoms with Gasteiger partial charge in [-0.05, 0) is 37.1 Å². The van der Waals surface area contributed by atoms with E-state index in [1.807, 2.05) is 13.8 Å². The number of phenols is 1. The van der Waals surface area contributed by atoms with Gasteiger partial charge in [-0.15, -0.1) is 0 Å². The quantitative estimate of drug-likeness (QED) is 0.691. The average Bonchev–Trinajstić information content (AvgIpc) is 2.09. The molecule has 1 rings (SSSR count). The smallest absolute Gasteiger partial charge is 0.118 e. The molecule has 0 aliphatic carbocycles. The molecule has 0 aliphatic heterocycles. The van der Waals surface area contributed by atoms with Gasteiger partial charge in [0, 0.05) is 6.20 Å². The van der Waals surface area contributed by atoms with Gasteiger partial charge in [-0.1, -0.05) is 6.58 Å². The molecule has 13 heavy (non-hydrogen) atoms. The van der Waals surface area contributed by atoms with Crippen molar-refractivity contribution in [3.63, 3.8) is 0 Å². The fourth-order valence-corrected chi connectivity index (χ4v) is 0.996. The zero-order chi connectivity index (χ0) is 9.84. The van der Waals surface area contributed by atoms with Gasteiger partial charge < -0.3 is 5.11 Å². The highest BCUT2D eigenvalue weighted by Gasteiger charge is 2.01. The molecule has 0 aliphatic rings. The lowest BCUT2D eigenvalue weighted by Crippen LogP contribution is -1.78. The van der Waals surface area contributed by atoms with Crippen molar-refractivity contribution in [1.29, 1.82) is 0 Å². The molecular formula is C10H12N2O. The average molecular weight is 176 g/mol. The predicted molar refractivity (Wildman–Crippen MR) is 52.3 cm³/mol. The fourth-order valence-electron chi connectivity index (χ4n) is 0.996. The van der Waals surface area contributed by atoms with Gasteiger partial charge in [0.2, 0.25) is 0 Å². The van der Waals surface area contributed by atoms with Crippen molar-refractivity contribution in [2.45, 2.75) is 13.8 Å². The van der Waals surface area contributed by atoms with Gasteiger partial charge in [0.15, 0.2) is 0 Å². The van der Waals surface area contributed by atoms with Crippen LogP contribution in [-0.2, 0) is 0 Å². The van der Waals surface area contributed by atoms with Crippen molar-refractivity contribution in [1.82, 2.24) is 0 Å². The second kappa shape index (κ2) is 3.85. The molecule has 1 N–H and O–H groups in total. The molecule has 1 aromatic rings. The first kappa shape index (κ1) is 9.45. The Morgan fingerprint density at radius 1 is 1.31 bits per heavy atom. The number of benzene rings is 1. The normalized spacial score (nSPS) is 10.6. The summed E-state index contributed by atoms with van der Waals surface area (Å²) in [7, 11) is 0. The highest BCUT2D eigenvalue weighted by molar-refractivity contribution is 5.52. The Morgan fingerprint density at radius 3 is 2.62 bits per heavy atom. The zero-order valence-electron chi connectivity index (χ0n) is 7.78. The van der Waals surface area contributed by atoms with E-state index in [-0.39, 0.29) is 5.75 Å². The van der Waals surface area contributed by atoms with Crippen LogP contribution in [0.4, 0.5) is 5.69 Å². The van der Waals surface area contributed by atoms with E-state index in [2.05, 4.69) is 16.8 Å². The van der Waals surface area contributed by atoms with Crippen LogP contribution in [0.15, 0.2) is 35.1 Å². The summed E-state index contributed by atoms with van der Waals surface area (Å²) in [6.07, 6.45) is 1.38. The third-order valence-corrected chi connectivity index (χ3v) is 1.76. The van der Waals surface area contributed by atoms with Gasteiger partial charge in [0.25, 0.3) is 0 Å². The summed E-state index contributed by atoms with van der Waals surface area (Å²) in [5.74, 6) is 0.287. The number of azo groups is 1. The van der Waals surface area contributed by atoms with Crippen LogP contribution < -0.4 is 0 Å². The zero-order valence-corrected chi connectivity index (χ0v) is 7.78. The second-order valence-electron chi connectivity index (χ2n) is 2.82. The van der Waals surface area contributed by atoms with Crippen LogP contribution in [-0.4, -0.2) is 5.11 Å². The number of aryl methyl sites for hydroxylation is 2. The fraction of sp³-hybridized carbons (Fsp3) is 0.200. The summed E-state index contributed by atoms with van der Waals surface area (Å²) in [6.45, 7) is 7.13. The van der Waals surface area contributed by atoms with Crippen molar-refractivity contribution in [2.24, 2.45) is 10.2 Å². The summed E-state index contributed by atoms with van der Waals surface area (Å²) in [6, 6.07) is 3.46. The third-order valence-electron chi connectivity index (χ3n) is 1.76. The minimum absolute atomic E-state index is 0.287. The predicted octanol–water partition coefficient (Wildman–Crippen LogP) is 3.24. The van der Waals surface area contributed by atoms with Gasteiger partial charge >= 0.3 is 0 Å². The Balaban J connectivity index is 3.15. The summed E-state index contributed by atoms with van der Waals surface area (Å²) < 4.78 is 0. The van der Waals surface area contributed by atoms with Crippen LogP contribution in [0.3, 0.4) is 0 Å². The molecule has 0 heterocycles. The first-order chi connectivity index (χ1) is 6.15. The molecule has 0 spiro atoms. The SMILES string of the molecule is C=CN=Nc1cc(C)c(O)cc1C. The maximum Gasteiger partial charge on any atom is 0.118 e. The van der Waals surface area contributed by atoms with Crippen molar-refractivity contribution < 1.29 is 5.11 Å². The number of aromatic hydroxyl groups is 1. The van der Waals surface area contributed by atoms with Gasteiger partial charge in [-0.2, -0.15) is 10.2 Å². The van der Waals surface area contributed by atoms with Gasteiger partial charge in [-0.3, -0.25) is 0 Å². The molecule has 3 nitrogen and oxygen atoms in total. The van der Waals surface area contributed by atoms with Gasteiger partial charge in [0.05, 0.1) is 5.69 Å². The molecule has 0 saturated carbocycles. The molecule has 0 fully saturated rings. The van der Waals surface area contributed by atoms with Gasteiger partial charge in [0.1, 0.15) is 5.75 Å². The summed E-state index contributed by atoms with van der Waals surface area (Å²) in [4.78, 5) is 0. The van der Waals surface area contributed by atoms with Crippen LogP contribution in [0.2, 0.25) is 0 Å². The van der Waals surface area contributed by atoms with E-state index in [4.69, 9.17) is 0 Å². The van der Waals surface area contributed by atoms with E-state index in [0.717, 1.165) is 16.8 Å². The van der Waals surface area contributed by atoms with Crippen LogP contribution in [0, 0.1) is 13.8 Å². The Kier molecular flexibility index (Phi) is 2.80. The third kappa shape index (κ3) is 2.15. The molecule has 0 aromatic heterocycles. The van der Waals surface area contributed by atoms with Crippen LogP contribution in [0.1, 0.15) is 11.1 Å². The van der Waals surface area contributed by atoms with E-state index < -0.39 is 0 Å². The molecule has 3 heteroatoms. The number of hydrogen-bond acceptors (Lipinski definition) is 3. The lowest BCUT2D eigenvalue weighted by molar-refractivity contribution is 0.470. The molecular weight excluding hydrogens is 164 g/mol. The minimum atomic E-state index is 0.287. The molecule has 0 saturated heterocycles. The molecule has 0 atom stereocenters. The van der Waals surface area contributed by atoms with E-state index in [1.54, 1.807) is 12.1 Å². The Bertz CT molecular complexity index is 356. The van der Waals surface area contributed by atoms with Crippen molar-refractivity contribution in [3.8, 4) is 5.75 Å². The number of hydrogen-bond donors (Lipinski definition) is 1. The van der Waals surface area contributed by atoms with E-state index in [9.17, 15) is 5.11 Å². The maximum absolute atomic E-state index is 9.36. The lowest BCUT2D eigenvalue weighted by atomic mass is 10.1. The van der Waals surface area contributed by atoms with Crippen LogP contribution >= 0.6 is 0 Å². The standard InChI is InChI=1S/C10H12N2O/c1-4-11-12-9-5-8(3)10(13)6-7(9)2/h4-6,13H,1H2,2-3H3. The topological polar surface area (TPSA) is 45.0 Å². The molecule has 1 aromatic carbocycles. The minimum Gasteiger partial charge on any atom is -0.508 e. The largest absolute Gasteiger partial charge is 0.508 e. The summed E-state index contributed by atoms with van der Waals surface area (Å²) in [5.41, 5.74) is 2.45. The second-order valence-corrected chi connectivity index (χ2v) is 2.82. The first-order valence-corrected chi connectivity index (χ1v) is 3.97. The monoisotopic (exact) mass is 176 g/mol. The number of nitrogens with zero attached hydrogens (tertiary/aromatic N) is 2. The molecule has 0 bridgehead atoms. The molecule has 0 radical (unpaired) electrons. The van der Waals surface area contributed by atoms with Gasteiger partial charge in [-0.25, -0.2) is 0 Å². The molecule has 68 valence electrons. The Morgan fingerprint density at radius 2 is 2.00 bits per heavy atom.